The lowest BCUT2D eigenvalue weighted by atomic mass is 9.93. The lowest BCUT2D eigenvalue weighted by molar-refractivity contribution is -0.136. The zero-order chi connectivity index (χ0) is 16.4. The number of esters is 1. The van der Waals surface area contributed by atoms with Crippen LogP contribution in [0.3, 0.4) is 0 Å². The van der Waals surface area contributed by atoms with Gasteiger partial charge in [0.2, 0.25) is 0 Å². The average molecular weight is 326 g/mol. The molecule has 1 atom stereocenters. The summed E-state index contributed by atoms with van der Waals surface area (Å²) in [5.74, 6) is -0.345. The summed E-state index contributed by atoms with van der Waals surface area (Å²) >= 11 is 5.29. The minimum Gasteiger partial charge on any atom is -0.466 e. The van der Waals surface area contributed by atoms with Crippen LogP contribution in [-0.2, 0) is 9.53 Å². The maximum Gasteiger partial charge on any atom is 0.337 e. The van der Waals surface area contributed by atoms with Crippen molar-refractivity contribution in [1.29, 1.82) is 0 Å². The highest BCUT2D eigenvalue weighted by Crippen LogP contribution is 2.30. The Balaban J connectivity index is 2.13. The van der Waals surface area contributed by atoms with Crippen molar-refractivity contribution in [2.75, 3.05) is 7.11 Å². The molecule has 1 aliphatic rings. The SMILES string of the molecule is CCC1=C(C(=O)OC)[C@H](c2ccc3ccccc3c2)NC(=S)N1. The Kier molecular flexibility index (Phi) is 4.30. The molecule has 0 bridgehead atoms. The van der Waals surface area contributed by atoms with Crippen LogP contribution in [0.4, 0.5) is 0 Å². The number of fused-ring (bicyclic) bond motifs is 1. The summed E-state index contributed by atoms with van der Waals surface area (Å²) in [5.41, 5.74) is 2.37. The average Bonchev–Trinajstić information content (AvgIpc) is 2.59. The van der Waals surface area contributed by atoms with Crippen LogP contribution in [0.1, 0.15) is 24.9 Å². The topological polar surface area (TPSA) is 50.4 Å². The molecular weight excluding hydrogens is 308 g/mol. The van der Waals surface area contributed by atoms with E-state index >= 15 is 0 Å². The second-order valence-corrected chi connectivity index (χ2v) is 5.78. The minimum absolute atomic E-state index is 0.309. The highest BCUT2D eigenvalue weighted by molar-refractivity contribution is 7.80. The first-order valence-electron chi connectivity index (χ1n) is 7.51. The molecule has 2 aromatic carbocycles. The summed E-state index contributed by atoms with van der Waals surface area (Å²) in [6.07, 6.45) is 0.677. The van der Waals surface area contributed by atoms with E-state index in [0.29, 0.717) is 17.1 Å². The Morgan fingerprint density at radius 1 is 1.22 bits per heavy atom. The van der Waals surface area contributed by atoms with Crippen molar-refractivity contribution in [3.8, 4) is 0 Å². The molecular formula is C18H18N2O2S. The molecule has 23 heavy (non-hydrogen) atoms. The van der Waals surface area contributed by atoms with Gasteiger partial charge < -0.3 is 15.4 Å². The van der Waals surface area contributed by atoms with Crippen molar-refractivity contribution in [3.05, 3.63) is 59.3 Å². The zero-order valence-corrected chi connectivity index (χ0v) is 13.9. The smallest absolute Gasteiger partial charge is 0.337 e. The summed E-state index contributed by atoms with van der Waals surface area (Å²) in [5, 5.41) is 9.06. The van der Waals surface area contributed by atoms with Crippen LogP contribution in [0.15, 0.2) is 53.7 Å². The molecule has 0 saturated heterocycles. The van der Waals surface area contributed by atoms with Gasteiger partial charge in [0.15, 0.2) is 5.11 Å². The molecule has 0 amide bonds. The molecule has 3 rings (SSSR count). The van der Waals surface area contributed by atoms with Gasteiger partial charge in [-0.25, -0.2) is 4.79 Å². The van der Waals surface area contributed by atoms with Gasteiger partial charge in [-0.15, -0.1) is 0 Å². The van der Waals surface area contributed by atoms with E-state index in [1.807, 2.05) is 25.1 Å². The Morgan fingerprint density at radius 2 is 1.96 bits per heavy atom. The Bertz CT molecular complexity index is 814. The fourth-order valence-corrected chi connectivity index (χ4v) is 3.13. The number of methoxy groups -OCH3 is 1. The number of carbonyl (C=O) groups excluding carboxylic acids is 1. The molecule has 4 nitrogen and oxygen atoms in total. The summed E-state index contributed by atoms with van der Waals surface area (Å²) in [6.45, 7) is 1.98. The number of benzene rings is 2. The molecule has 2 N–H and O–H groups in total. The third-order valence-corrected chi connectivity index (χ3v) is 4.24. The van der Waals surface area contributed by atoms with E-state index in [9.17, 15) is 4.79 Å². The van der Waals surface area contributed by atoms with Crippen molar-refractivity contribution < 1.29 is 9.53 Å². The molecule has 0 fully saturated rings. The molecule has 1 aliphatic heterocycles. The Hall–Kier alpha value is -2.40. The highest BCUT2D eigenvalue weighted by atomic mass is 32.1. The van der Waals surface area contributed by atoms with E-state index in [-0.39, 0.29) is 12.0 Å². The number of hydrogen-bond donors (Lipinski definition) is 2. The quantitative estimate of drug-likeness (QED) is 0.670. The zero-order valence-electron chi connectivity index (χ0n) is 13.1. The number of nitrogens with one attached hydrogen (secondary N) is 2. The van der Waals surface area contributed by atoms with Crippen LogP contribution >= 0.6 is 12.2 Å². The van der Waals surface area contributed by atoms with Gasteiger partial charge in [0.1, 0.15) is 0 Å². The van der Waals surface area contributed by atoms with Crippen LogP contribution in [0.25, 0.3) is 10.8 Å². The number of hydrogen-bond acceptors (Lipinski definition) is 3. The van der Waals surface area contributed by atoms with Crippen LogP contribution < -0.4 is 10.6 Å². The van der Waals surface area contributed by atoms with Crippen LogP contribution in [0.2, 0.25) is 0 Å². The number of carbonyl (C=O) groups is 1. The number of rotatable bonds is 3. The highest BCUT2D eigenvalue weighted by Gasteiger charge is 2.31. The van der Waals surface area contributed by atoms with Crippen LogP contribution in [0, 0.1) is 0 Å². The van der Waals surface area contributed by atoms with Crippen molar-refractivity contribution in [2.45, 2.75) is 19.4 Å². The minimum atomic E-state index is -0.345. The first kappa shape index (κ1) is 15.5. The third-order valence-electron chi connectivity index (χ3n) is 4.02. The fraction of sp³-hybridized carbons (Fsp3) is 0.222. The summed E-state index contributed by atoms with van der Waals surface area (Å²) in [7, 11) is 1.40. The first-order chi connectivity index (χ1) is 11.1. The van der Waals surface area contributed by atoms with Gasteiger partial charge in [0.05, 0.1) is 18.7 Å². The second-order valence-electron chi connectivity index (χ2n) is 5.38. The van der Waals surface area contributed by atoms with Gasteiger partial charge in [0, 0.05) is 5.70 Å². The molecule has 5 heteroatoms. The van der Waals surface area contributed by atoms with E-state index < -0.39 is 0 Å². The molecule has 0 unspecified atom stereocenters. The summed E-state index contributed by atoms with van der Waals surface area (Å²) < 4.78 is 4.98. The van der Waals surface area contributed by atoms with Crippen molar-refractivity contribution in [2.24, 2.45) is 0 Å². The van der Waals surface area contributed by atoms with Gasteiger partial charge in [-0.2, -0.15) is 0 Å². The number of allylic oxidation sites excluding steroid dienone is 1. The molecule has 0 aliphatic carbocycles. The normalized spacial score (nSPS) is 17.7. The van der Waals surface area contributed by atoms with Gasteiger partial charge in [-0.05, 0) is 41.0 Å². The molecule has 2 aromatic rings. The molecule has 0 spiro atoms. The molecule has 0 aromatic heterocycles. The van der Waals surface area contributed by atoms with Gasteiger partial charge in [0.25, 0.3) is 0 Å². The summed E-state index contributed by atoms with van der Waals surface area (Å²) in [4.78, 5) is 12.3. The van der Waals surface area contributed by atoms with Crippen LogP contribution in [0.5, 0.6) is 0 Å². The molecule has 0 saturated carbocycles. The van der Waals surface area contributed by atoms with Gasteiger partial charge in [-0.1, -0.05) is 43.3 Å². The molecule has 0 radical (unpaired) electrons. The first-order valence-corrected chi connectivity index (χ1v) is 7.92. The van der Waals surface area contributed by atoms with E-state index in [2.05, 4.69) is 34.9 Å². The predicted octanol–water partition coefficient (Wildman–Crippen LogP) is 3.20. The molecule has 118 valence electrons. The predicted molar refractivity (Wildman–Crippen MR) is 94.9 cm³/mol. The number of thiocarbonyl (C=S) groups is 1. The van der Waals surface area contributed by atoms with Gasteiger partial charge >= 0.3 is 5.97 Å². The van der Waals surface area contributed by atoms with E-state index in [4.69, 9.17) is 17.0 Å². The lowest BCUT2D eigenvalue weighted by Crippen LogP contribution is -2.45. The standard InChI is InChI=1S/C18H18N2O2S/c1-3-14-15(17(21)22-2)16(20-18(23)19-14)13-9-8-11-6-4-5-7-12(11)10-13/h4-10,16H,3H2,1-2H3,(H2,19,20,23)/t16-/m0/s1. The van der Waals surface area contributed by atoms with Crippen LogP contribution in [-0.4, -0.2) is 18.2 Å². The second kappa shape index (κ2) is 6.38. The lowest BCUT2D eigenvalue weighted by Gasteiger charge is -2.30. The largest absolute Gasteiger partial charge is 0.466 e. The fourth-order valence-electron chi connectivity index (χ4n) is 2.89. The van der Waals surface area contributed by atoms with Crippen molar-refractivity contribution in [3.63, 3.8) is 0 Å². The van der Waals surface area contributed by atoms with E-state index in [1.54, 1.807) is 0 Å². The van der Waals surface area contributed by atoms with Crippen molar-refractivity contribution in [1.82, 2.24) is 10.6 Å². The van der Waals surface area contributed by atoms with E-state index in [1.165, 1.54) is 7.11 Å². The van der Waals surface area contributed by atoms with Gasteiger partial charge in [-0.3, -0.25) is 0 Å². The molecule has 1 heterocycles. The maximum absolute atomic E-state index is 12.3. The van der Waals surface area contributed by atoms with Crippen molar-refractivity contribution >= 4 is 34.1 Å². The maximum atomic E-state index is 12.3. The Morgan fingerprint density at radius 3 is 2.65 bits per heavy atom. The van der Waals surface area contributed by atoms with E-state index in [0.717, 1.165) is 22.0 Å². The monoisotopic (exact) mass is 326 g/mol. The summed E-state index contributed by atoms with van der Waals surface area (Å²) in [6, 6.07) is 14.0. The number of ether oxygens (including phenoxy) is 1. The Labute approximate surface area is 140 Å². The third kappa shape index (κ3) is 2.92.